The van der Waals surface area contributed by atoms with Crippen molar-refractivity contribution in [2.75, 3.05) is 13.2 Å². The Morgan fingerprint density at radius 2 is 1.67 bits per heavy atom. The summed E-state index contributed by atoms with van der Waals surface area (Å²) in [6.45, 7) is 4.10. The van der Waals surface area contributed by atoms with E-state index in [1.54, 1.807) is 18.7 Å². The summed E-state index contributed by atoms with van der Waals surface area (Å²) >= 11 is 0. The van der Waals surface area contributed by atoms with Gasteiger partial charge in [-0.2, -0.15) is 9.99 Å². The summed E-state index contributed by atoms with van der Waals surface area (Å²) < 4.78 is 5.30. The maximum absolute atomic E-state index is 13.6. The Morgan fingerprint density at radius 1 is 1.03 bits per heavy atom. The zero-order chi connectivity index (χ0) is 25.0. The molecule has 3 heterocycles. The Bertz CT molecular complexity index is 1350. The first-order valence-electron chi connectivity index (χ1n) is 12.2. The van der Waals surface area contributed by atoms with Crippen LogP contribution in [0.15, 0.2) is 64.5 Å². The average Bonchev–Trinajstić information content (AvgIpc) is 3.21. The van der Waals surface area contributed by atoms with Crippen LogP contribution in [0.2, 0.25) is 0 Å². The minimum absolute atomic E-state index is 0.000188. The van der Waals surface area contributed by atoms with E-state index in [1.165, 1.54) is 11.1 Å². The van der Waals surface area contributed by atoms with Crippen LogP contribution in [0.25, 0.3) is 0 Å². The molecule has 3 aliphatic rings. The number of ketones is 1. The van der Waals surface area contributed by atoms with Crippen LogP contribution in [0.1, 0.15) is 46.9 Å². The molecule has 1 unspecified atom stereocenters. The van der Waals surface area contributed by atoms with Gasteiger partial charge in [0.05, 0.1) is 12.7 Å². The Labute approximate surface area is 208 Å². The lowest BCUT2D eigenvalue weighted by Gasteiger charge is -2.51. The smallest absolute Gasteiger partial charge is 0.277 e. The number of allylic oxidation sites excluding steroid dienone is 1. The summed E-state index contributed by atoms with van der Waals surface area (Å²) in [5.74, 6) is -1.03. The van der Waals surface area contributed by atoms with Gasteiger partial charge in [0, 0.05) is 12.5 Å². The molecule has 9 nitrogen and oxygen atoms in total. The van der Waals surface area contributed by atoms with Crippen molar-refractivity contribution in [1.29, 1.82) is 0 Å². The summed E-state index contributed by atoms with van der Waals surface area (Å²) in [7, 11) is 0. The zero-order valence-corrected chi connectivity index (χ0v) is 20.2. The van der Waals surface area contributed by atoms with Gasteiger partial charge in [0.15, 0.2) is 17.3 Å². The van der Waals surface area contributed by atoms with Crippen LogP contribution in [0, 0.1) is 12.8 Å². The van der Waals surface area contributed by atoms with Gasteiger partial charge in [-0.25, -0.2) is 0 Å². The van der Waals surface area contributed by atoms with Gasteiger partial charge in [-0.1, -0.05) is 60.6 Å². The van der Waals surface area contributed by atoms with E-state index in [4.69, 9.17) is 4.52 Å². The minimum Gasteiger partial charge on any atom is -0.503 e. The van der Waals surface area contributed by atoms with Crippen molar-refractivity contribution in [2.24, 2.45) is 5.92 Å². The van der Waals surface area contributed by atoms with Crippen molar-refractivity contribution < 1.29 is 19.2 Å². The lowest BCUT2D eigenvalue weighted by atomic mass is 9.92. The van der Waals surface area contributed by atoms with E-state index in [0.717, 1.165) is 24.0 Å². The molecule has 3 aromatic rings. The van der Waals surface area contributed by atoms with Crippen molar-refractivity contribution in [3.63, 3.8) is 0 Å². The number of nitrogens with zero attached hydrogens (tertiary/aromatic N) is 5. The molecule has 0 saturated carbocycles. The number of hydrazine groups is 1. The highest BCUT2D eigenvalue weighted by Gasteiger charge is 2.47. The summed E-state index contributed by atoms with van der Waals surface area (Å²) in [4.78, 5) is 32.2. The van der Waals surface area contributed by atoms with Crippen molar-refractivity contribution in [3.8, 4) is 0 Å². The topological polar surface area (TPSA) is 103 Å². The fraction of sp³-hybridized carbons (Fsp3) is 0.333. The molecule has 2 aromatic carbocycles. The third-order valence-electron chi connectivity index (χ3n) is 7.28. The van der Waals surface area contributed by atoms with Crippen LogP contribution in [0.4, 0.5) is 0 Å². The zero-order valence-electron chi connectivity index (χ0n) is 20.2. The number of hydrogen-bond donors (Lipinski definition) is 1. The molecule has 1 atom stereocenters. The molecule has 1 N–H and O–H groups in total. The number of benzene rings is 2. The first-order chi connectivity index (χ1) is 17.4. The van der Waals surface area contributed by atoms with Crippen molar-refractivity contribution in [3.05, 3.63) is 94.0 Å². The van der Waals surface area contributed by atoms with E-state index < -0.39 is 23.4 Å². The van der Waals surface area contributed by atoms with Gasteiger partial charge in [0.2, 0.25) is 11.7 Å². The second-order valence-corrected chi connectivity index (χ2v) is 9.66. The number of carbonyl (C=O) groups excluding carboxylic acids is 2. The Kier molecular flexibility index (Phi) is 5.37. The number of rotatable bonds is 3. The molecule has 1 aliphatic carbocycles. The van der Waals surface area contributed by atoms with Gasteiger partial charge in [-0.3, -0.25) is 14.6 Å². The molecule has 9 heteroatoms. The van der Waals surface area contributed by atoms with Gasteiger partial charge in [0.25, 0.3) is 5.91 Å². The predicted octanol–water partition coefficient (Wildman–Crippen LogP) is 3.07. The molecule has 0 radical (unpaired) electrons. The number of aliphatic hydroxyl groups is 1. The highest BCUT2D eigenvalue weighted by Crippen LogP contribution is 2.41. The summed E-state index contributed by atoms with van der Waals surface area (Å²) in [5, 5.41) is 18.7. The number of aryl methyl sites for hydroxylation is 3. The summed E-state index contributed by atoms with van der Waals surface area (Å²) in [6.07, 6.45) is 1.81. The van der Waals surface area contributed by atoms with Crippen LogP contribution >= 0.6 is 0 Å². The molecular weight excluding hydrogens is 458 g/mol. The largest absolute Gasteiger partial charge is 0.503 e. The maximum Gasteiger partial charge on any atom is 0.277 e. The highest BCUT2D eigenvalue weighted by molar-refractivity contribution is 6.05. The highest BCUT2D eigenvalue weighted by atomic mass is 16.5. The summed E-state index contributed by atoms with van der Waals surface area (Å²) in [6, 6.07) is 16.5. The minimum atomic E-state index is -0.495. The second kappa shape index (κ2) is 8.60. The molecule has 6 rings (SSSR count). The van der Waals surface area contributed by atoms with E-state index >= 15 is 0 Å². The van der Waals surface area contributed by atoms with Crippen LogP contribution in [-0.4, -0.2) is 55.1 Å². The molecule has 1 aromatic heterocycles. The number of Topliss-reactive ketones (excluding diaryl/α,β-unsaturated/α-hetero) is 1. The maximum atomic E-state index is 13.6. The van der Waals surface area contributed by atoms with Gasteiger partial charge in [0.1, 0.15) is 6.54 Å². The van der Waals surface area contributed by atoms with E-state index in [0.29, 0.717) is 18.3 Å². The van der Waals surface area contributed by atoms with Crippen LogP contribution in [-0.2, 0) is 29.0 Å². The van der Waals surface area contributed by atoms with Crippen LogP contribution < -0.4 is 0 Å². The number of fused-ring (bicyclic) bond motifs is 3. The van der Waals surface area contributed by atoms with Crippen molar-refractivity contribution >= 4 is 11.7 Å². The first kappa shape index (κ1) is 22.5. The van der Waals surface area contributed by atoms with Crippen molar-refractivity contribution in [2.45, 2.75) is 39.3 Å². The molecule has 0 spiro atoms. The van der Waals surface area contributed by atoms with Gasteiger partial charge in [-0.15, -0.1) is 0 Å². The standard InChI is InChI=1S/C27H27N5O4/c1-16-13-31-24(26(34)25(16)33)27(35)30(14-22-28-17(2)29-36-22)15-32(31)23-20-9-5-3-7-18(20)11-12-19-8-4-6-10-21(19)23/h3-10,16,23,34H,11-15H2,1-2H3. The van der Waals surface area contributed by atoms with Crippen LogP contribution in [0.5, 0.6) is 0 Å². The van der Waals surface area contributed by atoms with E-state index in [9.17, 15) is 14.7 Å². The average molecular weight is 486 g/mol. The monoisotopic (exact) mass is 485 g/mol. The summed E-state index contributed by atoms with van der Waals surface area (Å²) in [5.41, 5.74) is 4.78. The quantitative estimate of drug-likeness (QED) is 0.604. The van der Waals surface area contributed by atoms with E-state index in [2.05, 4.69) is 51.5 Å². The van der Waals surface area contributed by atoms with Crippen molar-refractivity contribution in [1.82, 2.24) is 25.1 Å². The molecule has 184 valence electrons. The van der Waals surface area contributed by atoms with Gasteiger partial charge in [-0.05, 0) is 42.0 Å². The molecule has 36 heavy (non-hydrogen) atoms. The molecule has 0 bridgehead atoms. The number of hydrogen-bond acceptors (Lipinski definition) is 8. The lowest BCUT2D eigenvalue weighted by molar-refractivity contribution is -0.163. The third kappa shape index (κ3) is 3.58. The van der Waals surface area contributed by atoms with E-state index in [-0.39, 0.29) is 25.0 Å². The molecular formula is C27H27N5O4. The predicted molar refractivity (Wildman–Crippen MR) is 129 cm³/mol. The van der Waals surface area contributed by atoms with Gasteiger partial charge >= 0.3 is 0 Å². The number of carbonyl (C=O) groups is 2. The molecule has 2 aliphatic heterocycles. The Hall–Kier alpha value is -3.98. The second-order valence-electron chi connectivity index (χ2n) is 9.66. The fourth-order valence-corrected chi connectivity index (χ4v) is 5.54. The first-order valence-corrected chi connectivity index (χ1v) is 12.2. The SMILES string of the molecule is Cc1noc(CN2CN(C3c4ccccc4CCc4ccccc43)N3CC(C)C(=O)C(O)=C3C2=O)n1. The Balaban J connectivity index is 1.52. The molecule has 1 amide bonds. The normalized spacial score (nSPS) is 20.8. The third-order valence-corrected chi connectivity index (χ3v) is 7.28. The number of amides is 1. The van der Waals surface area contributed by atoms with Crippen LogP contribution in [0.3, 0.4) is 0 Å². The van der Waals surface area contributed by atoms with Gasteiger partial charge < -0.3 is 14.5 Å². The lowest BCUT2D eigenvalue weighted by Crippen LogP contribution is -2.62. The number of aromatic nitrogens is 2. The molecule has 1 fully saturated rings. The van der Waals surface area contributed by atoms with E-state index in [1.807, 2.05) is 17.1 Å². The number of aliphatic hydroxyl groups excluding tert-OH is 1. The Morgan fingerprint density at radius 3 is 2.28 bits per heavy atom. The fourth-order valence-electron chi connectivity index (χ4n) is 5.54. The molecule has 1 saturated heterocycles.